The molecule has 0 aromatic heterocycles. The van der Waals surface area contributed by atoms with Crippen molar-refractivity contribution in [2.24, 2.45) is 4.99 Å². The van der Waals surface area contributed by atoms with Gasteiger partial charge in [-0.25, -0.2) is 18.6 Å². The van der Waals surface area contributed by atoms with Crippen LogP contribution in [0.4, 0.5) is 8.78 Å². The number of carbonyl (C=O) groups excluding carboxylic acids is 1. The molecule has 1 aliphatic heterocycles. The van der Waals surface area contributed by atoms with Crippen molar-refractivity contribution in [1.29, 1.82) is 0 Å². The predicted molar refractivity (Wildman–Crippen MR) is 115 cm³/mol. The van der Waals surface area contributed by atoms with Crippen molar-refractivity contribution in [3.63, 3.8) is 0 Å². The zero-order valence-electron chi connectivity index (χ0n) is 17.2. The van der Waals surface area contributed by atoms with Gasteiger partial charge in [0.15, 0.2) is 17.2 Å². The van der Waals surface area contributed by atoms with Gasteiger partial charge < -0.3 is 14.2 Å². The molecule has 162 valence electrons. The molecule has 0 spiro atoms. The largest absolute Gasteiger partial charge is 0.490 e. The van der Waals surface area contributed by atoms with Crippen LogP contribution in [0.1, 0.15) is 23.6 Å². The molecule has 0 amide bonds. The highest BCUT2D eigenvalue weighted by atomic mass is 19.1. The third-order valence-electron chi connectivity index (χ3n) is 4.58. The lowest BCUT2D eigenvalue weighted by molar-refractivity contribution is -0.129. The number of aliphatic imine (C=N–C) groups is 1. The summed E-state index contributed by atoms with van der Waals surface area (Å²) in [6, 6.07) is 17.2. The van der Waals surface area contributed by atoms with E-state index < -0.39 is 11.8 Å². The van der Waals surface area contributed by atoms with Gasteiger partial charge in [-0.3, -0.25) is 0 Å². The standard InChI is InChI=1S/C25H19F2NO4/c1-2-30-23-14-16(10-11-22(23)31-15-17-6-5-7-18(26)12-17)13-21-25(29)32-24(28-21)19-8-3-4-9-20(19)27/h3-14H,2,15H2,1H3/b21-13-. The molecular weight excluding hydrogens is 416 g/mol. The first-order valence-electron chi connectivity index (χ1n) is 9.95. The number of esters is 1. The monoisotopic (exact) mass is 435 g/mol. The lowest BCUT2D eigenvalue weighted by Gasteiger charge is -2.13. The van der Waals surface area contributed by atoms with E-state index in [1.807, 2.05) is 6.92 Å². The van der Waals surface area contributed by atoms with Crippen molar-refractivity contribution in [3.8, 4) is 11.5 Å². The van der Waals surface area contributed by atoms with Gasteiger partial charge in [0.2, 0.25) is 5.90 Å². The Bertz CT molecular complexity index is 1220. The average molecular weight is 435 g/mol. The average Bonchev–Trinajstić information content (AvgIpc) is 3.13. The van der Waals surface area contributed by atoms with Crippen LogP contribution in [0.25, 0.3) is 6.08 Å². The summed E-state index contributed by atoms with van der Waals surface area (Å²) >= 11 is 0. The van der Waals surface area contributed by atoms with Crippen LogP contribution < -0.4 is 9.47 Å². The molecule has 4 rings (SSSR count). The van der Waals surface area contributed by atoms with Crippen LogP contribution in [0.2, 0.25) is 0 Å². The maximum absolute atomic E-state index is 14.0. The molecule has 1 aliphatic rings. The van der Waals surface area contributed by atoms with Crippen molar-refractivity contribution in [2.45, 2.75) is 13.5 Å². The molecule has 5 nitrogen and oxygen atoms in total. The van der Waals surface area contributed by atoms with Crippen molar-refractivity contribution in [2.75, 3.05) is 6.61 Å². The molecule has 0 fully saturated rings. The molecule has 7 heteroatoms. The molecule has 0 bridgehead atoms. The minimum Gasteiger partial charge on any atom is -0.490 e. The first-order chi connectivity index (χ1) is 15.5. The second kappa shape index (κ2) is 9.43. The number of halogens is 2. The van der Waals surface area contributed by atoms with Crippen molar-refractivity contribution in [3.05, 3.63) is 101 Å². The molecule has 0 aliphatic carbocycles. The molecule has 1 heterocycles. The normalized spacial score (nSPS) is 14.3. The second-order valence-electron chi connectivity index (χ2n) is 6.87. The molecule has 0 N–H and O–H groups in total. The van der Waals surface area contributed by atoms with Crippen molar-refractivity contribution < 1.29 is 27.8 Å². The van der Waals surface area contributed by atoms with Crippen molar-refractivity contribution >= 4 is 17.9 Å². The Labute approximate surface area is 183 Å². The van der Waals surface area contributed by atoms with E-state index in [1.165, 1.54) is 30.3 Å². The number of carbonyl (C=O) groups is 1. The number of nitrogens with zero attached hydrogens (tertiary/aromatic N) is 1. The fraction of sp³-hybridized carbons (Fsp3) is 0.120. The van der Waals surface area contributed by atoms with E-state index in [9.17, 15) is 13.6 Å². The van der Waals surface area contributed by atoms with Crippen LogP contribution in [0.5, 0.6) is 11.5 Å². The predicted octanol–water partition coefficient (Wildman–Crippen LogP) is 5.29. The molecule has 0 saturated carbocycles. The third-order valence-corrected chi connectivity index (χ3v) is 4.58. The number of ether oxygens (including phenoxy) is 3. The number of benzene rings is 3. The fourth-order valence-corrected chi connectivity index (χ4v) is 3.11. The van der Waals surface area contributed by atoms with Gasteiger partial charge in [0.25, 0.3) is 0 Å². The number of cyclic esters (lactones) is 1. The number of hydrogen-bond acceptors (Lipinski definition) is 5. The van der Waals surface area contributed by atoms with Crippen molar-refractivity contribution in [1.82, 2.24) is 0 Å². The first-order valence-corrected chi connectivity index (χ1v) is 9.95. The zero-order valence-corrected chi connectivity index (χ0v) is 17.2. The van der Waals surface area contributed by atoms with Gasteiger partial charge in [0.05, 0.1) is 12.2 Å². The topological polar surface area (TPSA) is 57.1 Å². The third kappa shape index (κ3) is 4.83. The summed E-state index contributed by atoms with van der Waals surface area (Å²) in [5, 5.41) is 0. The van der Waals surface area contributed by atoms with Crippen LogP contribution in [0.3, 0.4) is 0 Å². The van der Waals surface area contributed by atoms with Gasteiger partial charge in [-0.15, -0.1) is 0 Å². The van der Waals surface area contributed by atoms with E-state index >= 15 is 0 Å². The maximum Gasteiger partial charge on any atom is 0.363 e. The smallest absolute Gasteiger partial charge is 0.363 e. The Hall–Kier alpha value is -4.00. The molecule has 3 aromatic rings. The zero-order chi connectivity index (χ0) is 22.5. The molecule has 3 aromatic carbocycles. The van der Waals surface area contributed by atoms with E-state index in [0.717, 1.165) is 0 Å². The Morgan fingerprint density at radius 1 is 0.969 bits per heavy atom. The summed E-state index contributed by atoms with van der Waals surface area (Å²) in [6.45, 7) is 2.40. The number of hydrogen-bond donors (Lipinski definition) is 0. The fourth-order valence-electron chi connectivity index (χ4n) is 3.11. The van der Waals surface area contributed by atoms with Gasteiger partial charge in [-0.2, -0.15) is 0 Å². The SMILES string of the molecule is CCOc1cc(/C=C2\N=C(c3ccccc3F)OC2=O)ccc1OCc1cccc(F)c1. The lowest BCUT2D eigenvalue weighted by Crippen LogP contribution is -2.07. The van der Waals surface area contributed by atoms with Crippen LogP contribution in [0, 0.1) is 11.6 Å². The molecule has 0 saturated heterocycles. The highest BCUT2D eigenvalue weighted by Gasteiger charge is 2.26. The Morgan fingerprint density at radius 3 is 2.59 bits per heavy atom. The summed E-state index contributed by atoms with van der Waals surface area (Å²) in [5.41, 5.74) is 1.46. The minimum atomic E-state index is -0.673. The summed E-state index contributed by atoms with van der Waals surface area (Å²) in [5.74, 6) is -0.687. The Balaban J connectivity index is 1.57. The van der Waals surface area contributed by atoms with E-state index in [0.29, 0.717) is 29.2 Å². The van der Waals surface area contributed by atoms with E-state index in [-0.39, 0.29) is 29.6 Å². The van der Waals surface area contributed by atoms with Gasteiger partial charge in [0, 0.05) is 0 Å². The van der Waals surface area contributed by atoms with Gasteiger partial charge in [-0.1, -0.05) is 30.3 Å². The molecule has 0 atom stereocenters. The summed E-state index contributed by atoms with van der Waals surface area (Å²) < 4.78 is 43.9. The Kier molecular flexibility index (Phi) is 6.26. The summed E-state index contributed by atoms with van der Waals surface area (Å²) in [7, 11) is 0. The lowest BCUT2D eigenvalue weighted by atomic mass is 10.1. The summed E-state index contributed by atoms with van der Waals surface area (Å²) in [4.78, 5) is 16.4. The molecular formula is C25H19F2NO4. The highest BCUT2D eigenvalue weighted by Crippen LogP contribution is 2.31. The maximum atomic E-state index is 14.0. The Morgan fingerprint density at radius 2 is 1.81 bits per heavy atom. The van der Waals surface area contributed by atoms with Crippen LogP contribution in [-0.2, 0) is 16.1 Å². The second-order valence-corrected chi connectivity index (χ2v) is 6.87. The van der Waals surface area contributed by atoms with Crippen LogP contribution in [0.15, 0.2) is 77.4 Å². The number of rotatable bonds is 7. The quantitative estimate of drug-likeness (QED) is 0.374. The van der Waals surface area contributed by atoms with Gasteiger partial charge in [0.1, 0.15) is 18.2 Å². The van der Waals surface area contributed by atoms with E-state index in [2.05, 4.69) is 4.99 Å². The van der Waals surface area contributed by atoms with Crippen LogP contribution in [-0.4, -0.2) is 18.5 Å². The molecule has 0 radical (unpaired) electrons. The van der Waals surface area contributed by atoms with Gasteiger partial charge >= 0.3 is 5.97 Å². The van der Waals surface area contributed by atoms with Crippen LogP contribution >= 0.6 is 0 Å². The highest BCUT2D eigenvalue weighted by molar-refractivity contribution is 6.12. The minimum absolute atomic E-state index is 0.0409. The molecule has 32 heavy (non-hydrogen) atoms. The first kappa shape index (κ1) is 21.2. The van der Waals surface area contributed by atoms with Gasteiger partial charge in [-0.05, 0) is 60.5 Å². The van der Waals surface area contributed by atoms with E-state index in [1.54, 1.807) is 42.5 Å². The molecule has 0 unspecified atom stereocenters. The summed E-state index contributed by atoms with van der Waals surface area (Å²) in [6.07, 6.45) is 1.52. The van der Waals surface area contributed by atoms with E-state index in [4.69, 9.17) is 14.2 Å².